The lowest BCUT2D eigenvalue weighted by Gasteiger charge is -2.32. The first kappa shape index (κ1) is 17.5. The Morgan fingerprint density at radius 3 is 2.84 bits per heavy atom. The minimum atomic E-state index is -0.0400. The van der Waals surface area contributed by atoms with Gasteiger partial charge in [0.25, 0.3) is 5.91 Å². The predicted molar refractivity (Wildman–Crippen MR) is 95.8 cm³/mol. The summed E-state index contributed by atoms with van der Waals surface area (Å²) in [6, 6.07) is 7.46. The van der Waals surface area contributed by atoms with Crippen molar-refractivity contribution < 1.29 is 13.9 Å². The van der Waals surface area contributed by atoms with Crippen LogP contribution in [0.3, 0.4) is 0 Å². The van der Waals surface area contributed by atoms with Gasteiger partial charge in [-0.2, -0.15) is 0 Å². The number of methoxy groups -OCH3 is 1. The van der Waals surface area contributed by atoms with E-state index < -0.39 is 0 Å². The van der Waals surface area contributed by atoms with Gasteiger partial charge >= 0.3 is 0 Å². The average molecular weight is 343 g/mol. The summed E-state index contributed by atoms with van der Waals surface area (Å²) in [5, 5.41) is 3.20. The SMILES string of the molecule is CNC[C@H]1CCCN(C(=O)c2nc(-c3ccc(OC)cc3)oc2C)C1. The molecule has 6 nitrogen and oxygen atoms in total. The Hall–Kier alpha value is -2.34. The molecule has 1 aliphatic heterocycles. The standard InChI is InChI=1S/C19H25N3O3/c1-13-17(19(23)22-10-4-5-14(12-22)11-20-2)21-18(25-13)15-6-8-16(24-3)9-7-15/h6-9,14,20H,4-5,10-12H2,1-3H3/t14-/m1/s1. The highest BCUT2D eigenvalue weighted by Gasteiger charge is 2.28. The second kappa shape index (κ2) is 7.70. The van der Waals surface area contributed by atoms with Crippen LogP contribution in [0.1, 0.15) is 29.1 Å². The van der Waals surface area contributed by atoms with Crippen LogP contribution in [0.2, 0.25) is 0 Å². The minimum Gasteiger partial charge on any atom is -0.497 e. The van der Waals surface area contributed by atoms with Gasteiger partial charge in [-0.15, -0.1) is 0 Å². The second-order valence-electron chi connectivity index (χ2n) is 6.47. The summed E-state index contributed by atoms with van der Waals surface area (Å²) in [4.78, 5) is 19.2. The van der Waals surface area contributed by atoms with Crippen LogP contribution in [0.25, 0.3) is 11.5 Å². The van der Waals surface area contributed by atoms with Crippen LogP contribution in [-0.4, -0.2) is 49.6 Å². The molecule has 1 amide bonds. The van der Waals surface area contributed by atoms with Crippen LogP contribution in [0.15, 0.2) is 28.7 Å². The van der Waals surface area contributed by atoms with E-state index in [1.54, 1.807) is 14.0 Å². The number of benzene rings is 1. The first-order valence-corrected chi connectivity index (χ1v) is 8.68. The van der Waals surface area contributed by atoms with Crippen LogP contribution in [0, 0.1) is 12.8 Å². The molecule has 1 aromatic heterocycles. The number of nitrogens with one attached hydrogen (secondary N) is 1. The third-order valence-electron chi connectivity index (χ3n) is 4.64. The van der Waals surface area contributed by atoms with Crippen LogP contribution in [-0.2, 0) is 0 Å². The monoisotopic (exact) mass is 343 g/mol. The summed E-state index contributed by atoms with van der Waals surface area (Å²) < 4.78 is 10.9. The van der Waals surface area contributed by atoms with Crippen molar-refractivity contribution in [1.29, 1.82) is 0 Å². The van der Waals surface area contributed by atoms with Gasteiger partial charge in [0.05, 0.1) is 7.11 Å². The predicted octanol–water partition coefficient (Wildman–Crippen LogP) is 2.73. The number of carbonyl (C=O) groups is 1. The summed E-state index contributed by atoms with van der Waals surface area (Å²) in [6.07, 6.45) is 2.18. The third-order valence-corrected chi connectivity index (χ3v) is 4.64. The second-order valence-corrected chi connectivity index (χ2v) is 6.47. The van der Waals surface area contributed by atoms with E-state index in [1.165, 1.54) is 0 Å². The molecule has 25 heavy (non-hydrogen) atoms. The number of hydrogen-bond acceptors (Lipinski definition) is 5. The maximum Gasteiger partial charge on any atom is 0.276 e. The van der Waals surface area contributed by atoms with Crippen molar-refractivity contribution >= 4 is 5.91 Å². The lowest BCUT2D eigenvalue weighted by atomic mass is 9.98. The number of carbonyl (C=O) groups excluding carboxylic acids is 1. The molecule has 0 spiro atoms. The average Bonchev–Trinajstić information content (AvgIpc) is 3.03. The fraction of sp³-hybridized carbons (Fsp3) is 0.474. The quantitative estimate of drug-likeness (QED) is 0.904. The van der Waals surface area contributed by atoms with E-state index in [4.69, 9.17) is 9.15 Å². The normalized spacial score (nSPS) is 17.6. The van der Waals surface area contributed by atoms with Crippen molar-refractivity contribution in [2.45, 2.75) is 19.8 Å². The van der Waals surface area contributed by atoms with Gasteiger partial charge in [0.15, 0.2) is 5.69 Å². The van der Waals surface area contributed by atoms with Gasteiger partial charge < -0.3 is 19.4 Å². The van der Waals surface area contributed by atoms with Crippen molar-refractivity contribution in [3.05, 3.63) is 35.7 Å². The van der Waals surface area contributed by atoms with Crippen LogP contribution in [0.5, 0.6) is 5.75 Å². The van der Waals surface area contributed by atoms with Crippen molar-refractivity contribution in [3.63, 3.8) is 0 Å². The molecule has 0 bridgehead atoms. The maximum atomic E-state index is 12.9. The molecule has 2 aromatic rings. The van der Waals surface area contributed by atoms with E-state index in [9.17, 15) is 4.79 Å². The molecule has 1 N–H and O–H groups in total. The Labute approximate surface area is 148 Å². The fourth-order valence-corrected chi connectivity index (χ4v) is 3.31. The molecule has 2 heterocycles. The smallest absolute Gasteiger partial charge is 0.276 e. The largest absolute Gasteiger partial charge is 0.497 e. The highest BCUT2D eigenvalue weighted by Crippen LogP contribution is 2.26. The molecule has 0 radical (unpaired) electrons. The van der Waals surface area contributed by atoms with Crippen molar-refractivity contribution in [1.82, 2.24) is 15.2 Å². The lowest BCUT2D eigenvalue weighted by molar-refractivity contribution is 0.0667. The maximum absolute atomic E-state index is 12.9. The number of likely N-dealkylation sites (tertiary alicyclic amines) is 1. The summed E-state index contributed by atoms with van der Waals surface area (Å²) in [5.74, 6) is 2.25. The van der Waals surface area contributed by atoms with Gasteiger partial charge in [0.2, 0.25) is 5.89 Å². The van der Waals surface area contributed by atoms with Gasteiger partial charge in [-0.1, -0.05) is 0 Å². The number of hydrogen-bond donors (Lipinski definition) is 1. The Morgan fingerprint density at radius 1 is 1.40 bits per heavy atom. The van der Waals surface area contributed by atoms with E-state index in [2.05, 4.69) is 10.3 Å². The molecule has 1 saturated heterocycles. The van der Waals surface area contributed by atoms with Gasteiger partial charge in [-0.3, -0.25) is 4.79 Å². The Morgan fingerprint density at radius 2 is 2.16 bits per heavy atom. The number of amides is 1. The number of piperidine rings is 1. The summed E-state index contributed by atoms with van der Waals surface area (Å²) in [6.45, 7) is 4.27. The Bertz CT molecular complexity index is 722. The number of ether oxygens (including phenoxy) is 1. The zero-order chi connectivity index (χ0) is 17.8. The van der Waals surface area contributed by atoms with Crippen LogP contribution in [0.4, 0.5) is 0 Å². The van der Waals surface area contributed by atoms with Gasteiger partial charge in [0, 0.05) is 18.7 Å². The Balaban J connectivity index is 1.78. The van der Waals surface area contributed by atoms with E-state index >= 15 is 0 Å². The number of aryl methyl sites for hydroxylation is 1. The highest BCUT2D eigenvalue weighted by atomic mass is 16.5. The molecule has 1 fully saturated rings. The molecule has 0 aliphatic carbocycles. The molecule has 0 saturated carbocycles. The van der Waals surface area contributed by atoms with Gasteiger partial charge in [-0.25, -0.2) is 4.98 Å². The zero-order valence-corrected chi connectivity index (χ0v) is 15.0. The van der Waals surface area contributed by atoms with Gasteiger partial charge in [0.1, 0.15) is 11.5 Å². The molecule has 6 heteroatoms. The van der Waals surface area contributed by atoms with E-state index in [1.807, 2.05) is 36.2 Å². The molecular formula is C19H25N3O3. The first-order valence-electron chi connectivity index (χ1n) is 8.68. The molecule has 3 rings (SSSR count). The van der Waals surface area contributed by atoms with Crippen molar-refractivity contribution in [2.75, 3.05) is 33.8 Å². The molecule has 1 atom stereocenters. The third kappa shape index (κ3) is 3.85. The zero-order valence-electron chi connectivity index (χ0n) is 15.0. The lowest BCUT2D eigenvalue weighted by Crippen LogP contribution is -2.42. The van der Waals surface area contributed by atoms with Crippen molar-refractivity contribution in [2.24, 2.45) is 5.92 Å². The summed E-state index contributed by atoms with van der Waals surface area (Å²) in [7, 11) is 3.57. The van der Waals surface area contributed by atoms with E-state index in [0.717, 1.165) is 43.8 Å². The molecule has 0 unspecified atom stereocenters. The first-order chi connectivity index (χ1) is 12.1. The van der Waals surface area contributed by atoms with Crippen LogP contribution < -0.4 is 10.1 Å². The topological polar surface area (TPSA) is 67.6 Å². The van der Waals surface area contributed by atoms with E-state index in [0.29, 0.717) is 23.3 Å². The molecule has 1 aromatic carbocycles. The van der Waals surface area contributed by atoms with Gasteiger partial charge in [-0.05, 0) is 63.5 Å². The Kier molecular flexibility index (Phi) is 5.38. The number of aromatic nitrogens is 1. The number of rotatable bonds is 5. The molecular weight excluding hydrogens is 318 g/mol. The number of nitrogens with zero attached hydrogens (tertiary/aromatic N) is 2. The fourth-order valence-electron chi connectivity index (χ4n) is 3.31. The molecule has 1 aliphatic rings. The summed E-state index contributed by atoms with van der Waals surface area (Å²) in [5.41, 5.74) is 1.24. The molecule has 134 valence electrons. The van der Waals surface area contributed by atoms with Crippen molar-refractivity contribution in [3.8, 4) is 17.2 Å². The minimum absolute atomic E-state index is 0.0400. The highest BCUT2D eigenvalue weighted by molar-refractivity contribution is 5.93. The van der Waals surface area contributed by atoms with Crippen LogP contribution >= 0.6 is 0 Å². The number of oxazole rings is 1. The summed E-state index contributed by atoms with van der Waals surface area (Å²) >= 11 is 0. The van der Waals surface area contributed by atoms with E-state index in [-0.39, 0.29) is 5.91 Å².